The molecule has 184 valence electrons. The molecule has 2 N–H and O–H groups in total. The Kier molecular flexibility index (Phi) is 10.6. The number of halogens is 1. The number of hydrogen-bond donors (Lipinski definition) is 2. The fourth-order valence-electron chi connectivity index (χ4n) is 2.78. The predicted molar refractivity (Wildman–Crippen MR) is 138 cm³/mol. The van der Waals surface area contributed by atoms with Gasteiger partial charge in [-0.15, -0.1) is 11.8 Å². The highest BCUT2D eigenvalue weighted by Gasteiger charge is 2.21. The van der Waals surface area contributed by atoms with Gasteiger partial charge in [0.1, 0.15) is 0 Å². The van der Waals surface area contributed by atoms with Crippen LogP contribution in [0.3, 0.4) is 0 Å². The van der Waals surface area contributed by atoms with E-state index < -0.39 is 16.9 Å². The molecule has 0 spiro atoms. The maximum atomic E-state index is 11.2. The van der Waals surface area contributed by atoms with Gasteiger partial charge in [0, 0.05) is 52.7 Å². The standard InChI is InChI=1S/C19H19ClN4O2S.C4H4O4/c1-23(2)9-10-27-18-12-21-19(14-5-3-4-6-16(14)20)15-11-13(24(25)26)7-8-17(15)22-18;5-3(6)1-2-4(7)8/h3-8,11H,9-10,12H2,1-2H3;1-2H,(H,5,6)(H,7,8)/b;2-1-. The summed E-state index contributed by atoms with van der Waals surface area (Å²) < 4.78 is 0. The van der Waals surface area contributed by atoms with E-state index in [1.54, 1.807) is 23.9 Å². The monoisotopic (exact) mass is 518 g/mol. The minimum absolute atomic E-state index is 0.00687. The molecule has 0 saturated heterocycles. The van der Waals surface area contributed by atoms with Crippen LogP contribution in [0.15, 0.2) is 64.6 Å². The lowest BCUT2D eigenvalue weighted by Gasteiger charge is -2.09. The number of aliphatic imine (C=N–C) groups is 2. The van der Waals surface area contributed by atoms with Crippen molar-refractivity contribution in [3.8, 4) is 0 Å². The molecule has 3 rings (SSSR count). The first-order valence-electron chi connectivity index (χ1n) is 10.2. The van der Waals surface area contributed by atoms with E-state index in [4.69, 9.17) is 31.8 Å². The Morgan fingerprint density at radius 1 is 1.14 bits per heavy atom. The zero-order valence-electron chi connectivity index (χ0n) is 18.9. The minimum Gasteiger partial charge on any atom is -0.478 e. The maximum Gasteiger partial charge on any atom is 0.328 e. The number of carboxylic acid groups (broad SMARTS) is 2. The van der Waals surface area contributed by atoms with Crippen molar-refractivity contribution in [2.75, 3.05) is 32.9 Å². The van der Waals surface area contributed by atoms with E-state index in [2.05, 4.69) is 4.90 Å². The third-order valence-electron chi connectivity index (χ3n) is 4.37. The summed E-state index contributed by atoms with van der Waals surface area (Å²) in [5.74, 6) is -1.62. The number of fused-ring (bicyclic) bond motifs is 1. The zero-order valence-corrected chi connectivity index (χ0v) is 20.5. The van der Waals surface area contributed by atoms with Gasteiger partial charge < -0.3 is 15.1 Å². The largest absolute Gasteiger partial charge is 0.478 e. The van der Waals surface area contributed by atoms with Gasteiger partial charge in [-0.2, -0.15) is 0 Å². The molecule has 1 aliphatic rings. The Hall–Kier alpha value is -3.54. The van der Waals surface area contributed by atoms with Gasteiger partial charge in [-0.25, -0.2) is 14.6 Å². The Bertz CT molecular complexity index is 1180. The van der Waals surface area contributed by atoms with Crippen molar-refractivity contribution in [2.24, 2.45) is 9.98 Å². The second-order valence-electron chi connectivity index (χ2n) is 7.27. The van der Waals surface area contributed by atoms with E-state index in [0.29, 0.717) is 40.7 Å². The molecule has 0 aliphatic carbocycles. The average molecular weight is 519 g/mol. The van der Waals surface area contributed by atoms with Crippen LogP contribution in [0.1, 0.15) is 11.1 Å². The number of rotatable bonds is 7. The first-order valence-corrected chi connectivity index (χ1v) is 11.5. The van der Waals surface area contributed by atoms with Crippen LogP contribution in [0.2, 0.25) is 5.02 Å². The van der Waals surface area contributed by atoms with Crippen molar-refractivity contribution in [3.05, 3.63) is 80.9 Å². The van der Waals surface area contributed by atoms with Gasteiger partial charge in [0.15, 0.2) is 0 Å². The van der Waals surface area contributed by atoms with E-state index in [0.717, 1.165) is 22.9 Å². The quantitative estimate of drug-likeness (QED) is 0.316. The summed E-state index contributed by atoms with van der Waals surface area (Å²) in [6.45, 7) is 1.35. The van der Waals surface area contributed by atoms with Crippen LogP contribution in [0, 0.1) is 10.1 Å². The summed E-state index contributed by atoms with van der Waals surface area (Å²) >= 11 is 8.02. The fraction of sp³-hybridized carbons (Fsp3) is 0.217. The molecule has 0 aromatic heterocycles. The Morgan fingerprint density at radius 2 is 1.80 bits per heavy atom. The molecule has 0 bridgehead atoms. The number of nitro benzene ring substituents is 1. The van der Waals surface area contributed by atoms with Crippen LogP contribution >= 0.6 is 23.4 Å². The smallest absolute Gasteiger partial charge is 0.328 e. The van der Waals surface area contributed by atoms with Crippen molar-refractivity contribution in [1.82, 2.24) is 4.90 Å². The lowest BCUT2D eigenvalue weighted by Crippen LogP contribution is -2.16. The average Bonchev–Trinajstić information content (AvgIpc) is 2.97. The molecular formula is C23H23ClN4O6S. The lowest BCUT2D eigenvalue weighted by atomic mass is 10.00. The maximum absolute atomic E-state index is 11.2. The van der Waals surface area contributed by atoms with Gasteiger partial charge in [0.2, 0.25) is 0 Å². The molecule has 0 fully saturated rings. The molecule has 2 aromatic rings. The number of nitro groups is 1. The predicted octanol–water partition coefficient (Wildman–Crippen LogP) is 4.14. The van der Waals surface area contributed by atoms with E-state index in [9.17, 15) is 19.7 Å². The number of carbonyl (C=O) groups is 2. The lowest BCUT2D eigenvalue weighted by molar-refractivity contribution is -0.384. The van der Waals surface area contributed by atoms with E-state index in [1.807, 2.05) is 32.3 Å². The van der Waals surface area contributed by atoms with Crippen molar-refractivity contribution in [2.45, 2.75) is 0 Å². The number of hydrogen-bond acceptors (Lipinski definition) is 8. The molecule has 0 atom stereocenters. The minimum atomic E-state index is -1.26. The van der Waals surface area contributed by atoms with Crippen LogP contribution in [-0.2, 0) is 9.59 Å². The number of carboxylic acids is 2. The van der Waals surface area contributed by atoms with Gasteiger partial charge >= 0.3 is 11.9 Å². The third kappa shape index (κ3) is 8.96. The fourth-order valence-corrected chi connectivity index (χ4v) is 4.01. The number of non-ortho nitro benzene ring substituents is 1. The summed E-state index contributed by atoms with van der Waals surface area (Å²) in [6.07, 6.45) is 1.12. The summed E-state index contributed by atoms with van der Waals surface area (Å²) in [5, 5.41) is 28.3. The SMILES string of the molecule is CN(C)CCSC1=Nc2ccc([N+](=O)[O-])cc2C(c2ccccc2Cl)=NC1.O=C(O)/C=C\C(=O)O. The first kappa shape index (κ1) is 27.7. The Morgan fingerprint density at radius 3 is 2.37 bits per heavy atom. The molecule has 2 aromatic carbocycles. The molecule has 0 radical (unpaired) electrons. The third-order valence-corrected chi connectivity index (χ3v) is 5.64. The Balaban J connectivity index is 0.000000466. The van der Waals surface area contributed by atoms with Crippen LogP contribution in [0.25, 0.3) is 0 Å². The highest BCUT2D eigenvalue weighted by atomic mass is 35.5. The molecule has 12 heteroatoms. The van der Waals surface area contributed by atoms with Gasteiger partial charge in [-0.05, 0) is 26.2 Å². The van der Waals surface area contributed by atoms with Crippen LogP contribution in [0.4, 0.5) is 11.4 Å². The highest BCUT2D eigenvalue weighted by Crippen LogP contribution is 2.32. The van der Waals surface area contributed by atoms with Crippen LogP contribution in [0.5, 0.6) is 0 Å². The molecular weight excluding hydrogens is 496 g/mol. The van der Waals surface area contributed by atoms with Gasteiger partial charge in [0.25, 0.3) is 5.69 Å². The number of aliphatic carboxylic acids is 2. The number of thioether (sulfide) groups is 1. The van der Waals surface area contributed by atoms with Crippen molar-refractivity contribution in [1.29, 1.82) is 0 Å². The zero-order chi connectivity index (χ0) is 26.0. The molecule has 35 heavy (non-hydrogen) atoms. The molecule has 0 unspecified atom stereocenters. The summed E-state index contributed by atoms with van der Waals surface area (Å²) in [7, 11) is 4.05. The second kappa shape index (κ2) is 13.4. The van der Waals surface area contributed by atoms with Crippen molar-refractivity contribution in [3.63, 3.8) is 0 Å². The summed E-state index contributed by atoms with van der Waals surface area (Å²) in [5.41, 5.74) is 2.68. The van der Waals surface area contributed by atoms with Gasteiger partial charge in [-0.1, -0.05) is 29.8 Å². The highest BCUT2D eigenvalue weighted by molar-refractivity contribution is 8.14. The van der Waals surface area contributed by atoms with Gasteiger partial charge in [-0.3, -0.25) is 15.1 Å². The van der Waals surface area contributed by atoms with Crippen molar-refractivity contribution >= 4 is 57.4 Å². The normalized spacial score (nSPS) is 12.7. The van der Waals surface area contributed by atoms with Gasteiger partial charge in [0.05, 0.1) is 27.9 Å². The second-order valence-corrected chi connectivity index (χ2v) is 8.85. The van der Waals surface area contributed by atoms with Crippen LogP contribution < -0.4 is 0 Å². The molecule has 0 amide bonds. The number of benzene rings is 2. The van der Waals surface area contributed by atoms with E-state index >= 15 is 0 Å². The summed E-state index contributed by atoms with van der Waals surface area (Å²) in [4.78, 5) is 41.5. The number of nitrogens with zero attached hydrogens (tertiary/aromatic N) is 4. The van der Waals surface area contributed by atoms with Crippen LogP contribution in [-0.4, -0.2) is 75.7 Å². The topological polar surface area (TPSA) is 146 Å². The van der Waals surface area contributed by atoms with E-state index in [-0.39, 0.29) is 5.69 Å². The van der Waals surface area contributed by atoms with Crippen molar-refractivity contribution < 1.29 is 24.7 Å². The molecule has 1 aliphatic heterocycles. The molecule has 1 heterocycles. The Labute approximate surface area is 210 Å². The molecule has 10 nitrogen and oxygen atoms in total. The van der Waals surface area contributed by atoms with E-state index in [1.165, 1.54) is 12.1 Å². The first-order chi connectivity index (χ1) is 16.6. The molecule has 0 saturated carbocycles. The summed E-state index contributed by atoms with van der Waals surface area (Å²) in [6, 6.07) is 12.0.